The van der Waals surface area contributed by atoms with Crippen molar-refractivity contribution < 1.29 is 4.79 Å². The first-order valence-corrected chi connectivity index (χ1v) is 8.79. The fourth-order valence-corrected chi connectivity index (χ4v) is 4.77. The molecule has 6 heteroatoms. The van der Waals surface area contributed by atoms with E-state index in [9.17, 15) is 4.79 Å². The smallest absolute Gasteiger partial charge is 0.230 e. The summed E-state index contributed by atoms with van der Waals surface area (Å²) in [5, 5.41) is 5.19. The molecule has 0 atom stereocenters. The van der Waals surface area contributed by atoms with Gasteiger partial charge in [0, 0.05) is 16.3 Å². The van der Waals surface area contributed by atoms with Crippen LogP contribution >= 0.6 is 23.1 Å². The van der Waals surface area contributed by atoms with Gasteiger partial charge in [-0.3, -0.25) is 4.79 Å². The van der Waals surface area contributed by atoms with Gasteiger partial charge in [-0.2, -0.15) is 0 Å². The highest BCUT2D eigenvalue weighted by molar-refractivity contribution is 8.00. The number of aryl methyl sites for hydroxylation is 2. The van der Waals surface area contributed by atoms with Gasteiger partial charge in [-0.25, -0.2) is 9.97 Å². The van der Waals surface area contributed by atoms with Gasteiger partial charge in [-0.05, 0) is 37.7 Å². The first-order valence-electron chi connectivity index (χ1n) is 6.98. The highest BCUT2D eigenvalue weighted by Crippen LogP contribution is 2.39. The van der Waals surface area contributed by atoms with Crippen LogP contribution in [0, 0.1) is 0 Å². The van der Waals surface area contributed by atoms with Gasteiger partial charge < -0.3 is 5.32 Å². The summed E-state index contributed by atoms with van der Waals surface area (Å²) in [6.45, 7) is 0. The number of hydrogen-bond acceptors (Lipinski definition) is 5. The molecule has 4 rings (SSSR count). The van der Waals surface area contributed by atoms with Gasteiger partial charge in [0.05, 0.1) is 5.75 Å². The number of nitrogens with zero attached hydrogens (tertiary/aromatic N) is 2. The number of thiophene rings is 1. The number of fused-ring (bicyclic) bond motifs is 3. The Hall–Kier alpha value is -1.14. The Morgan fingerprint density at radius 1 is 1.40 bits per heavy atom. The number of thioether (sulfide) groups is 1. The number of amides is 1. The number of carbonyl (C=O) groups excluding carboxylic acids is 1. The summed E-state index contributed by atoms with van der Waals surface area (Å²) < 4.78 is 0. The summed E-state index contributed by atoms with van der Waals surface area (Å²) in [5.74, 6) is 0.573. The molecule has 2 aliphatic carbocycles. The molecule has 0 spiro atoms. The summed E-state index contributed by atoms with van der Waals surface area (Å²) in [7, 11) is 0. The average Bonchev–Trinajstić information content (AvgIpc) is 3.00. The van der Waals surface area contributed by atoms with Gasteiger partial charge in [0.15, 0.2) is 0 Å². The lowest BCUT2D eigenvalue weighted by molar-refractivity contribution is -0.118. The van der Waals surface area contributed by atoms with Crippen LogP contribution < -0.4 is 5.32 Å². The molecule has 2 aliphatic rings. The largest absolute Gasteiger partial charge is 0.353 e. The van der Waals surface area contributed by atoms with Crippen LogP contribution in [0.15, 0.2) is 11.4 Å². The van der Waals surface area contributed by atoms with E-state index in [1.54, 1.807) is 29.4 Å². The number of hydrogen-bond donors (Lipinski definition) is 1. The molecule has 20 heavy (non-hydrogen) atoms. The van der Waals surface area contributed by atoms with Crippen molar-refractivity contribution in [2.24, 2.45) is 0 Å². The second-order valence-corrected chi connectivity index (χ2v) is 7.39. The molecule has 0 radical (unpaired) electrons. The van der Waals surface area contributed by atoms with E-state index < -0.39 is 0 Å². The standard InChI is InChI=1S/C14H15N3OS2/c18-11(17-8-4-5-8)6-19-13-12-9-2-1-3-10(9)20-14(12)16-7-15-13/h7-8H,1-6H2,(H,17,18). The quantitative estimate of drug-likeness (QED) is 0.697. The molecule has 104 valence electrons. The molecule has 4 nitrogen and oxygen atoms in total. The van der Waals surface area contributed by atoms with Gasteiger partial charge in [0.25, 0.3) is 0 Å². The highest BCUT2D eigenvalue weighted by atomic mass is 32.2. The SMILES string of the molecule is O=C(CSc1ncnc2sc3c(c12)CCC3)NC1CC1. The number of carbonyl (C=O) groups is 1. The van der Waals surface area contributed by atoms with Crippen LogP contribution in [0.4, 0.5) is 0 Å². The molecule has 0 aliphatic heterocycles. The Balaban J connectivity index is 1.57. The third kappa shape index (κ3) is 2.31. The highest BCUT2D eigenvalue weighted by Gasteiger charge is 2.24. The average molecular weight is 305 g/mol. The van der Waals surface area contributed by atoms with Gasteiger partial charge in [-0.1, -0.05) is 11.8 Å². The van der Waals surface area contributed by atoms with Crippen LogP contribution in [0.1, 0.15) is 29.7 Å². The minimum atomic E-state index is 0.121. The van der Waals surface area contributed by atoms with Crippen LogP contribution in [0.25, 0.3) is 10.2 Å². The summed E-state index contributed by atoms with van der Waals surface area (Å²) >= 11 is 3.33. The third-order valence-corrected chi connectivity index (χ3v) is 5.94. The lowest BCUT2D eigenvalue weighted by Crippen LogP contribution is -2.27. The second kappa shape index (κ2) is 5.00. The van der Waals surface area contributed by atoms with Crippen molar-refractivity contribution in [3.63, 3.8) is 0 Å². The fraction of sp³-hybridized carbons (Fsp3) is 0.500. The van der Waals surface area contributed by atoms with Crippen molar-refractivity contribution in [3.05, 3.63) is 16.8 Å². The zero-order valence-electron chi connectivity index (χ0n) is 11.0. The summed E-state index contributed by atoms with van der Waals surface area (Å²) in [5.41, 5.74) is 1.43. The predicted molar refractivity (Wildman–Crippen MR) is 81.3 cm³/mol. The lowest BCUT2D eigenvalue weighted by Gasteiger charge is -2.04. The van der Waals surface area contributed by atoms with E-state index in [0.717, 1.165) is 29.1 Å². The molecule has 1 amide bonds. The topological polar surface area (TPSA) is 54.9 Å². The van der Waals surface area contributed by atoms with Gasteiger partial charge >= 0.3 is 0 Å². The van der Waals surface area contributed by atoms with Crippen molar-refractivity contribution in [2.75, 3.05) is 5.75 Å². The van der Waals surface area contributed by atoms with Crippen LogP contribution in [-0.2, 0) is 17.6 Å². The summed E-state index contributed by atoms with van der Waals surface area (Å²) in [4.78, 5) is 23.1. The first-order chi connectivity index (χ1) is 9.81. The molecule has 2 aromatic heterocycles. The fourth-order valence-electron chi connectivity index (χ4n) is 2.64. The van der Waals surface area contributed by atoms with Crippen molar-refractivity contribution in [3.8, 4) is 0 Å². The summed E-state index contributed by atoms with van der Waals surface area (Å²) in [6.07, 6.45) is 7.42. The van der Waals surface area contributed by atoms with E-state index in [1.807, 2.05) is 0 Å². The van der Waals surface area contributed by atoms with E-state index >= 15 is 0 Å². The normalized spacial score (nSPS) is 17.4. The van der Waals surface area contributed by atoms with Gasteiger partial charge in [0.1, 0.15) is 16.2 Å². The molecule has 0 saturated heterocycles. The second-order valence-electron chi connectivity index (χ2n) is 5.35. The predicted octanol–water partition coefficient (Wildman–Crippen LogP) is 2.55. The van der Waals surface area contributed by atoms with E-state index in [0.29, 0.717) is 11.8 Å². The Morgan fingerprint density at radius 2 is 2.30 bits per heavy atom. The maximum absolute atomic E-state index is 11.8. The van der Waals surface area contributed by atoms with E-state index in [-0.39, 0.29) is 5.91 Å². The van der Waals surface area contributed by atoms with Crippen LogP contribution in [0.3, 0.4) is 0 Å². The number of nitrogens with one attached hydrogen (secondary N) is 1. The minimum absolute atomic E-state index is 0.121. The molecule has 2 aromatic rings. The molecule has 0 bridgehead atoms. The number of aromatic nitrogens is 2. The Morgan fingerprint density at radius 3 is 3.15 bits per heavy atom. The Labute approximate surface area is 125 Å². The zero-order chi connectivity index (χ0) is 13.5. The molecule has 1 N–H and O–H groups in total. The molecule has 0 unspecified atom stereocenters. The zero-order valence-corrected chi connectivity index (χ0v) is 12.6. The maximum atomic E-state index is 11.8. The van der Waals surface area contributed by atoms with Crippen LogP contribution in [0.2, 0.25) is 0 Å². The molecule has 2 heterocycles. The van der Waals surface area contributed by atoms with Crippen LogP contribution in [0.5, 0.6) is 0 Å². The van der Waals surface area contributed by atoms with Crippen molar-refractivity contribution in [1.29, 1.82) is 0 Å². The molecular formula is C14H15N3OS2. The first kappa shape index (κ1) is 12.6. The number of rotatable bonds is 4. The van der Waals surface area contributed by atoms with Gasteiger partial charge in [-0.15, -0.1) is 11.3 Å². The maximum Gasteiger partial charge on any atom is 0.230 e. The van der Waals surface area contributed by atoms with E-state index in [2.05, 4.69) is 15.3 Å². The monoisotopic (exact) mass is 305 g/mol. The molecule has 0 aromatic carbocycles. The Bertz CT molecular complexity index is 678. The lowest BCUT2D eigenvalue weighted by atomic mass is 10.2. The minimum Gasteiger partial charge on any atom is -0.353 e. The van der Waals surface area contributed by atoms with E-state index in [4.69, 9.17) is 0 Å². The molecular weight excluding hydrogens is 290 g/mol. The van der Waals surface area contributed by atoms with E-state index in [1.165, 1.54) is 28.7 Å². The van der Waals surface area contributed by atoms with Gasteiger partial charge in [0.2, 0.25) is 5.91 Å². The summed E-state index contributed by atoms with van der Waals surface area (Å²) in [6, 6.07) is 0.430. The van der Waals surface area contributed by atoms with Crippen molar-refractivity contribution in [1.82, 2.24) is 15.3 Å². The van der Waals surface area contributed by atoms with Crippen molar-refractivity contribution in [2.45, 2.75) is 43.2 Å². The molecule has 1 saturated carbocycles. The Kier molecular flexibility index (Phi) is 3.15. The molecule has 1 fully saturated rings. The third-order valence-electron chi connectivity index (χ3n) is 3.75. The van der Waals surface area contributed by atoms with Crippen LogP contribution in [-0.4, -0.2) is 27.7 Å². The van der Waals surface area contributed by atoms with Crippen molar-refractivity contribution >= 4 is 39.2 Å².